The van der Waals surface area contributed by atoms with E-state index in [-0.39, 0.29) is 25.0 Å². The van der Waals surface area contributed by atoms with Crippen molar-refractivity contribution in [3.05, 3.63) is 29.8 Å². The molecule has 1 aromatic rings. The van der Waals surface area contributed by atoms with Gasteiger partial charge in [0, 0.05) is 37.3 Å². The topological polar surface area (TPSA) is 96.0 Å². The lowest BCUT2D eigenvalue weighted by molar-refractivity contribution is -0.151. The molecule has 2 aliphatic heterocycles. The standard InChI is InChI=1S/C22H29N3O5/c26-19-7-6-14-25(19)18-10-8-17(9-11-18)22(29)23-15-21(28)30-16-20(27)24-12-4-2-1-3-5-13-24/h8-11H,1-7,12-16H2,(H,23,29). The molecule has 8 nitrogen and oxygen atoms in total. The van der Waals surface area contributed by atoms with Gasteiger partial charge < -0.3 is 19.9 Å². The second-order valence-corrected chi connectivity index (χ2v) is 7.69. The molecule has 0 radical (unpaired) electrons. The molecular formula is C22H29N3O5. The van der Waals surface area contributed by atoms with Gasteiger partial charge in [0.25, 0.3) is 11.8 Å². The summed E-state index contributed by atoms with van der Waals surface area (Å²) in [5, 5.41) is 2.50. The third kappa shape index (κ3) is 6.05. The van der Waals surface area contributed by atoms with Crippen LogP contribution < -0.4 is 10.2 Å². The highest BCUT2D eigenvalue weighted by atomic mass is 16.5. The highest BCUT2D eigenvalue weighted by Gasteiger charge is 2.22. The number of nitrogens with one attached hydrogen (secondary N) is 1. The fourth-order valence-corrected chi connectivity index (χ4v) is 3.75. The quantitative estimate of drug-likeness (QED) is 0.716. The third-order valence-electron chi connectivity index (χ3n) is 5.47. The number of hydrogen-bond donors (Lipinski definition) is 1. The molecule has 2 heterocycles. The molecule has 3 amide bonds. The van der Waals surface area contributed by atoms with Crippen molar-refractivity contribution in [3.63, 3.8) is 0 Å². The number of carbonyl (C=O) groups is 4. The zero-order chi connectivity index (χ0) is 21.3. The van der Waals surface area contributed by atoms with Gasteiger partial charge in [-0.1, -0.05) is 19.3 Å². The first kappa shape index (κ1) is 21.8. The Labute approximate surface area is 176 Å². The van der Waals surface area contributed by atoms with Crippen LogP contribution in [0.25, 0.3) is 0 Å². The van der Waals surface area contributed by atoms with E-state index in [1.807, 2.05) is 0 Å². The number of esters is 1. The Morgan fingerprint density at radius 3 is 2.20 bits per heavy atom. The van der Waals surface area contributed by atoms with Crippen LogP contribution >= 0.6 is 0 Å². The second-order valence-electron chi connectivity index (χ2n) is 7.69. The molecule has 0 spiro atoms. The fraction of sp³-hybridized carbons (Fsp3) is 0.545. The molecule has 30 heavy (non-hydrogen) atoms. The lowest BCUT2D eigenvalue weighted by Crippen LogP contribution is -2.38. The summed E-state index contributed by atoms with van der Waals surface area (Å²) in [7, 11) is 0. The minimum Gasteiger partial charge on any atom is -0.454 e. The maximum absolute atomic E-state index is 12.2. The Morgan fingerprint density at radius 2 is 1.57 bits per heavy atom. The monoisotopic (exact) mass is 415 g/mol. The van der Waals surface area contributed by atoms with Gasteiger partial charge in [-0.05, 0) is 43.5 Å². The molecule has 0 atom stereocenters. The highest BCUT2D eigenvalue weighted by molar-refractivity contribution is 5.98. The van der Waals surface area contributed by atoms with Crippen molar-refractivity contribution in [1.29, 1.82) is 0 Å². The van der Waals surface area contributed by atoms with Gasteiger partial charge >= 0.3 is 5.97 Å². The van der Waals surface area contributed by atoms with Gasteiger partial charge in [0.2, 0.25) is 5.91 Å². The van der Waals surface area contributed by atoms with Gasteiger partial charge in [-0.2, -0.15) is 0 Å². The van der Waals surface area contributed by atoms with Crippen LogP contribution in [-0.4, -0.2) is 61.4 Å². The van der Waals surface area contributed by atoms with Crippen LogP contribution in [0.3, 0.4) is 0 Å². The molecule has 0 aromatic heterocycles. The minimum absolute atomic E-state index is 0.0835. The van der Waals surface area contributed by atoms with Gasteiger partial charge in [0.1, 0.15) is 6.54 Å². The molecule has 2 saturated heterocycles. The summed E-state index contributed by atoms with van der Waals surface area (Å²) in [6.07, 6.45) is 6.76. The molecule has 0 bridgehead atoms. The van der Waals surface area contributed by atoms with Crippen molar-refractivity contribution in [1.82, 2.24) is 10.2 Å². The molecule has 0 aliphatic carbocycles. The van der Waals surface area contributed by atoms with E-state index in [0.717, 1.165) is 37.8 Å². The van der Waals surface area contributed by atoms with Crippen LogP contribution in [0, 0.1) is 0 Å². The van der Waals surface area contributed by atoms with Crippen molar-refractivity contribution >= 4 is 29.4 Å². The SMILES string of the molecule is O=C(CNC(=O)c1ccc(N2CCCC2=O)cc1)OCC(=O)N1CCCCCCC1. The predicted molar refractivity (Wildman–Crippen MR) is 111 cm³/mol. The van der Waals surface area contributed by atoms with Gasteiger partial charge in [0.15, 0.2) is 6.61 Å². The van der Waals surface area contributed by atoms with Gasteiger partial charge in [0.05, 0.1) is 0 Å². The summed E-state index contributed by atoms with van der Waals surface area (Å²) in [5.74, 6) is -1.17. The summed E-state index contributed by atoms with van der Waals surface area (Å²) in [6.45, 7) is 1.48. The number of hydrogen-bond acceptors (Lipinski definition) is 5. The largest absolute Gasteiger partial charge is 0.454 e. The van der Waals surface area contributed by atoms with Crippen molar-refractivity contribution < 1.29 is 23.9 Å². The van der Waals surface area contributed by atoms with Crippen molar-refractivity contribution in [2.75, 3.05) is 37.7 Å². The predicted octanol–water partition coefficient (Wildman–Crippen LogP) is 1.88. The first-order chi connectivity index (χ1) is 14.5. The van der Waals surface area contributed by atoms with Crippen LogP contribution in [0.1, 0.15) is 55.3 Å². The van der Waals surface area contributed by atoms with Gasteiger partial charge in [-0.3, -0.25) is 19.2 Å². The van der Waals surface area contributed by atoms with Crippen LogP contribution in [-0.2, 0) is 19.1 Å². The van der Waals surface area contributed by atoms with E-state index < -0.39 is 11.9 Å². The van der Waals surface area contributed by atoms with Crippen molar-refractivity contribution in [3.8, 4) is 0 Å². The van der Waals surface area contributed by atoms with Gasteiger partial charge in [-0.15, -0.1) is 0 Å². The number of likely N-dealkylation sites (tertiary alicyclic amines) is 1. The fourth-order valence-electron chi connectivity index (χ4n) is 3.75. The Kier molecular flexibility index (Phi) is 7.82. The molecule has 1 aromatic carbocycles. The minimum atomic E-state index is -0.650. The smallest absolute Gasteiger partial charge is 0.325 e. The second kappa shape index (κ2) is 10.8. The van der Waals surface area contributed by atoms with Crippen molar-refractivity contribution in [2.24, 2.45) is 0 Å². The van der Waals surface area contributed by atoms with Crippen LogP contribution in [0.15, 0.2) is 24.3 Å². The average Bonchev–Trinajstić information content (AvgIpc) is 3.16. The molecule has 8 heteroatoms. The average molecular weight is 415 g/mol. The lowest BCUT2D eigenvalue weighted by atomic mass is 10.1. The molecule has 0 saturated carbocycles. The number of ether oxygens (including phenoxy) is 1. The van der Waals surface area contributed by atoms with E-state index in [9.17, 15) is 19.2 Å². The molecule has 3 rings (SSSR count). The number of benzene rings is 1. The maximum Gasteiger partial charge on any atom is 0.325 e. The molecular weight excluding hydrogens is 386 g/mol. The number of nitrogens with zero attached hydrogens (tertiary/aromatic N) is 2. The van der Waals surface area contributed by atoms with E-state index >= 15 is 0 Å². The van der Waals surface area contributed by atoms with E-state index in [2.05, 4.69) is 5.32 Å². The molecule has 2 fully saturated rings. The van der Waals surface area contributed by atoms with Crippen LogP contribution in [0.5, 0.6) is 0 Å². The van der Waals surface area contributed by atoms with E-state index in [0.29, 0.717) is 31.6 Å². The van der Waals surface area contributed by atoms with Crippen LogP contribution in [0.2, 0.25) is 0 Å². The zero-order valence-electron chi connectivity index (χ0n) is 17.2. The Morgan fingerprint density at radius 1 is 0.900 bits per heavy atom. The van der Waals surface area contributed by atoms with Crippen LogP contribution in [0.4, 0.5) is 5.69 Å². The normalized spacial score (nSPS) is 17.3. The molecule has 162 valence electrons. The van der Waals surface area contributed by atoms with Gasteiger partial charge in [-0.25, -0.2) is 0 Å². The lowest BCUT2D eigenvalue weighted by Gasteiger charge is -2.24. The highest BCUT2D eigenvalue weighted by Crippen LogP contribution is 2.21. The summed E-state index contributed by atoms with van der Waals surface area (Å²) >= 11 is 0. The number of rotatable bonds is 6. The summed E-state index contributed by atoms with van der Waals surface area (Å²) < 4.78 is 5.02. The summed E-state index contributed by atoms with van der Waals surface area (Å²) in [4.78, 5) is 51.6. The Balaban J connectivity index is 1.40. The number of anilines is 1. The Bertz CT molecular complexity index is 769. The first-order valence-corrected chi connectivity index (χ1v) is 10.7. The maximum atomic E-state index is 12.2. The molecule has 2 aliphatic rings. The number of carbonyl (C=O) groups excluding carboxylic acids is 4. The Hall–Kier alpha value is -2.90. The zero-order valence-corrected chi connectivity index (χ0v) is 17.2. The third-order valence-corrected chi connectivity index (χ3v) is 5.47. The van der Waals surface area contributed by atoms with Crippen molar-refractivity contribution in [2.45, 2.75) is 44.9 Å². The summed E-state index contributed by atoms with van der Waals surface area (Å²) in [6, 6.07) is 6.68. The summed E-state index contributed by atoms with van der Waals surface area (Å²) in [5.41, 5.74) is 1.14. The number of amides is 3. The first-order valence-electron chi connectivity index (χ1n) is 10.7. The molecule has 0 unspecified atom stereocenters. The van der Waals surface area contributed by atoms with E-state index in [1.165, 1.54) is 6.42 Å². The molecule has 1 N–H and O–H groups in total. The van der Waals surface area contributed by atoms with E-state index in [4.69, 9.17) is 4.74 Å². The van der Waals surface area contributed by atoms with E-state index in [1.54, 1.807) is 34.1 Å².